The second kappa shape index (κ2) is 9.09. The third-order valence-corrected chi connectivity index (χ3v) is 6.66. The van der Waals surface area contributed by atoms with Gasteiger partial charge in [0.05, 0.1) is 36.4 Å². The van der Waals surface area contributed by atoms with Crippen molar-refractivity contribution in [2.24, 2.45) is 0 Å². The highest BCUT2D eigenvalue weighted by molar-refractivity contribution is 6.52. The number of amides is 1. The fourth-order valence-electron chi connectivity index (χ4n) is 4.68. The topological polar surface area (TPSA) is 91.9 Å². The number of rotatable bonds is 5. The summed E-state index contributed by atoms with van der Waals surface area (Å²) in [5.41, 5.74) is 3.11. The van der Waals surface area contributed by atoms with Crippen molar-refractivity contribution in [3.8, 4) is 11.5 Å². The average Bonchev–Trinajstić information content (AvgIpc) is 3.41. The van der Waals surface area contributed by atoms with E-state index in [0.717, 1.165) is 16.5 Å². The van der Waals surface area contributed by atoms with Crippen LogP contribution >= 0.6 is 11.6 Å². The van der Waals surface area contributed by atoms with E-state index >= 15 is 0 Å². The molecule has 1 aliphatic rings. The number of methoxy groups -OCH3 is 2. The van der Waals surface area contributed by atoms with E-state index in [2.05, 4.69) is 4.98 Å². The first kappa shape index (κ1) is 23.5. The molecule has 1 aliphatic heterocycles. The van der Waals surface area contributed by atoms with Crippen LogP contribution < -0.4 is 14.4 Å². The number of halogens is 1. The highest BCUT2D eigenvalue weighted by Gasteiger charge is 2.48. The first-order valence-electron chi connectivity index (χ1n) is 11.2. The fourth-order valence-corrected chi connectivity index (χ4v) is 4.91. The number of aromatic amines is 1. The van der Waals surface area contributed by atoms with Gasteiger partial charge in [0.1, 0.15) is 17.3 Å². The number of carbonyl (C=O) groups is 2. The molecule has 2 heterocycles. The monoisotopic (exact) mass is 502 g/mol. The summed E-state index contributed by atoms with van der Waals surface area (Å²) in [6, 6.07) is 17.0. The van der Waals surface area contributed by atoms with Crippen LogP contribution in [0.2, 0.25) is 5.02 Å². The smallest absolute Gasteiger partial charge is 0.300 e. The Labute approximate surface area is 212 Å². The predicted octanol–water partition coefficient (Wildman–Crippen LogP) is 5.77. The second-order valence-electron chi connectivity index (χ2n) is 8.48. The molecule has 1 saturated heterocycles. The number of benzene rings is 3. The number of ketones is 1. The largest absolute Gasteiger partial charge is 0.507 e. The summed E-state index contributed by atoms with van der Waals surface area (Å²) in [5.74, 6) is -1.41. The van der Waals surface area contributed by atoms with Crippen molar-refractivity contribution in [1.29, 1.82) is 0 Å². The van der Waals surface area contributed by atoms with Crippen LogP contribution in [0.3, 0.4) is 0 Å². The molecule has 0 radical (unpaired) electrons. The summed E-state index contributed by atoms with van der Waals surface area (Å²) in [6.45, 7) is 1.91. The van der Waals surface area contributed by atoms with Gasteiger partial charge in [-0.3, -0.25) is 14.5 Å². The summed E-state index contributed by atoms with van der Waals surface area (Å²) in [5, 5.41) is 12.7. The minimum atomic E-state index is -0.894. The Morgan fingerprint density at radius 2 is 1.75 bits per heavy atom. The Hall–Kier alpha value is -4.23. The molecule has 1 fully saturated rings. The van der Waals surface area contributed by atoms with E-state index < -0.39 is 17.7 Å². The minimum absolute atomic E-state index is 0.0612. The van der Waals surface area contributed by atoms with Crippen LogP contribution in [0.5, 0.6) is 11.5 Å². The van der Waals surface area contributed by atoms with Gasteiger partial charge in [-0.25, -0.2) is 0 Å². The molecule has 7 nitrogen and oxygen atoms in total. The highest BCUT2D eigenvalue weighted by atomic mass is 35.5. The molecule has 3 aromatic carbocycles. The van der Waals surface area contributed by atoms with Gasteiger partial charge < -0.3 is 19.6 Å². The molecule has 1 atom stereocenters. The summed E-state index contributed by atoms with van der Waals surface area (Å²) >= 11 is 6.25. The molecule has 2 N–H and O–H groups in total. The first-order valence-corrected chi connectivity index (χ1v) is 11.6. The molecule has 182 valence electrons. The van der Waals surface area contributed by atoms with Crippen molar-refractivity contribution in [2.45, 2.75) is 13.0 Å². The maximum Gasteiger partial charge on any atom is 0.300 e. The number of fused-ring (bicyclic) bond motifs is 1. The summed E-state index contributed by atoms with van der Waals surface area (Å²) in [7, 11) is 2.87. The molecule has 0 saturated carbocycles. The number of aryl methyl sites for hydroxylation is 1. The Bertz CT molecular complexity index is 1550. The zero-order valence-corrected chi connectivity index (χ0v) is 20.6. The number of para-hydroxylation sites is 1. The SMILES string of the molecule is COc1cc(/C(O)=C2\C(=O)C(=O)N(c3cccc(C)c3)C2c2c[nH]c3ccccc23)c(OC)cc1Cl. The second-order valence-corrected chi connectivity index (χ2v) is 8.89. The number of Topliss-reactive ketones (excluding diaryl/α,β-unsaturated/α-hetero) is 1. The van der Waals surface area contributed by atoms with Crippen LogP contribution in [0.25, 0.3) is 16.7 Å². The number of aliphatic hydroxyl groups excluding tert-OH is 1. The lowest BCUT2D eigenvalue weighted by Crippen LogP contribution is -2.29. The van der Waals surface area contributed by atoms with Crippen molar-refractivity contribution in [3.63, 3.8) is 0 Å². The van der Waals surface area contributed by atoms with Gasteiger partial charge in [-0.15, -0.1) is 0 Å². The molecular formula is C28H23ClN2O5. The van der Waals surface area contributed by atoms with Gasteiger partial charge in [0.15, 0.2) is 0 Å². The van der Waals surface area contributed by atoms with Crippen molar-refractivity contribution >= 4 is 45.6 Å². The van der Waals surface area contributed by atoms with Crippen molar-refractivity contribution in [2.75, 3.05) is 19.1 Å². The van der Waals surface area contributed by atoms with Crippen LogP contribution in [-0.4, -0.2) is 36.0 Å². The number of hydrogen-bond donors (Lipinski definition) is 2. The molecule has 0 bridgehead atoms. The number of nitrogens with zero attached hydrogens (tertiary/aromatic N) is 1. The number of aliphatic hydroxyl groups is 1. The van der Waals surface area contributed by atoms with Crippen LogP contribution in [0.4, 0.5) is 5.69 Å². The minimum Gasteiger partial charge on any atom is -0.507 e. The maximum atomic E-state index is 13.5. The molecule has 4 aromatic rings. The molecule has 8 heteroatoms. The summed E-state index contributed by atoms with van der Waals surface area (Å²) in [6.07, 6.45) is 1.76. The Balaban J connectivity index is 1.82. The quantitative estimate of drug-likeness (QED) is 0.205. The van der Waals surface area contributed by atoms with Crippen LogP contribution in [0.15, 0.2) is 72.4 Å². The summed E-state index contributed by atoms with van der Waals surface area (Å²) in [4.78, 5) is 31.7. The van der Waals surface area contributed by atoms with Gasteiger partial charge >= 0.3 is 0 Å². The van der Waals surface area contributed by atoms with E-state index in [0.29, 0.717) is 11.3 Å². The zero-order valence-electron chi connectivity index (χ0n) is 19.8. The molecule has 0 spiro atoms. The Kier molecular flexibility index (Phi) is 5.94. The Morgan fingerprint density at radius 1 is 1.00 bits per heavy atom. The van der Waals surface area contributed by atoms with E-state index in [-0.39, 0.29) is 33.4 Å². The predicted molar refractivity (Wildman–Crippen MR) is 139 cm³/mol. The van der Waals surface area contributed by atoms with Crippen LogP contribution in [0, 0.1) is 6.92 Å². The van der Waals surface area contributed by atoms with Crippen molar-refractivity contribution < 1.29 is 24.2 Å². The van der Waals surface area contributed by atoms with E-state index in [4.69, 9.17) is 21.1 Å². The molecule has 0 aliphatic carbocycles. The van der Waals surface area contributed by atoms with Crippen LogP contribution in [0.1, 0.15) is 22.7 Å². The van der Waals surface area contributed by atoms with Gasteiger partial charge in [0.25, 0.3) is 11.7 Å². The van der Waals surface area contributed by atoms with E-state index in [1.807, 2.05) is 49.4 Å². The molecule has 1 aromatic heterocycles. The van der Waals surface area contributed by atoms with E-state index in [9.17, 15) is 14.7 Å². The molecular weight excluding hydrogens is 480 g/mol. The van der Waals surface area contributed by atoms with E-state index in [1.54, 1.807) is 12.3 Å². The summed E-state index contributed by atoms with van der Waals surface area (Å²) < 4.78 is 10.8. The number of nitrogens with one attached hydrogen (secondary N) is 1. The first-order chi connectivity index (χ1) is 17.3. The maximum absolute atomic E-state index is 13.5. The van der Waals surface area contributed by atoms with Gasteiger partial charge in [-0.1, -0.05) is 41.9 Å². The highest BCUT2D eigenvalue weighted by Crippen LogP contribution is 2.46. The zero-order chi connectivity index (χ0) is 25.6. The Morgan fingerprint density at radius 3 is 2.47 bits per heavy atom. The third kappa shape index (κ3) is 3.69. The number of H-pyrrole nitrogens is 1. The lowest BCUT2D eigenvalue weighted by atomic mass is 9.94. The van der Waals surface area contributed by atoms with Crippen molar-refractivity contribution in [3.05, 3.63) is 94.1 Å². The lowest BCUT2D eigenvalue weighted by molar-refractivity contribution is -0.132. The number of carbonyl (C=O) groups excluding carboxylic acids is 2. The van der Waals surface area contributed by atoms with E-state index in [1.165, 1.54) is 31.3 Å². The van der Waals surface area contributed by atoms with Gasteiger partial charge in [0, 0.05) is 34.4 Å². The molecule has 1 unspecified atom stereocenters. The van der Waals surface area contributed by atoms with Crippen LogP contribution in [-0.2, 0) is 9.59 Å². The third-order valence-electron chi connectivity index (χ3n) is 6.37. The van der Waals surface area contributed by atoms with Gasteiger partial charge in [-0.05, 0) is 36.8 Å². The number of ether oxygens (including phenoxy) is 2. The molecule has 36 heavy (non-hydrogen) atoms. The molecule has 1 amide bonds. The number of anilines is 1. The number of hydrogen-bond acceptors (Lipinski definition) is 5. The average molecular weight is 503 g/mol. The van der Waals surface area contributed by atoms with Gasteiger partial charge in [-0.2, -0.15) is 0 Å². The standard InChI is InChI=1S/C28H23ClN2O5/c1-15-7-6-8-16(11-15)31-25(19-14-30-21-10-5-4-9-17(19)21)24(27(33)28(31)34)26(32)18-12-23(36-3)20(29)13-22(18)35-2/h4-14,25,30,32H,1-3H3/b26-24+. The lowest BCUT2D eigenvalue weighted by Gasteiger charge is -2.25. The molecule has 5 rings (SSSR count). The fraction of sp³-hybridized carbons (Fsp3) is 0.143. The van der Waals surface area contributed by atoms with Crippen molar-refractivity contribution in [1.82, 2.24) is 4.98 Å². The normalized spacial score (nSPS) is 17.1. The van der Waals surface area contributed by atoms with Gasteiger partial charge in [0.2, 0.25) is 0 Å². The number of aromatic nitrogens is 1.